The normalized spacial score (nSPS) is 11.6. The molecule has 0 aliphatic carbocycles. The summed E-state index contributed by atoms with van der Waals surface area (Å²) in [5, 5.41) is 3.23. The van der Waals surface area contributed by atoms with E-state index in [0.29, 0.717) is 11.6 Å². The van der Waals surface area contributed by atoms with Crippen molar-refractivity contribution in [3.8, 4) is 0 Å². The number of nitrogens with zero attached hydrogens (tertiary/aromatic N) is 1. The number of anilines is 1. The van der Waals surface area contributed by atoms with Gasteiger partial charge in [0.15, 0.2) is 5.13 Å². The first-order chi connectivity index (χ1) is 10.6. The zero-order valence-corrected chi connectivity index (χ0v) is 14.3. The summed E-state index contributed by atoms with van der Waals surface area (Å²) in [6.07, 6.45) is 2.15. The standard InChI is InChI=1S/C15H18FN3O2S.ClH/c1-21-12(8-17)7-14(20)19-15-18-9-13(22-15)6-10-3-2-4-11(16)5-10;/h2-5,9,12H,6-8,17H2,1H3,(H,18,19,20);1H. The van der Waals surface area contributed by atoms with Crippen molar-refractivity contribution in [1.29, 1.82) is 0 Å². The lowest BCUT2D eigenvalue weighted by Gasteiger charge is -2.11. The molecule has 1 amide bonds. The summed E-state index contributed by atoms with van der Waals surface area (Å²) < 4.78 is 18.2. The summed E-state index contributed by atoms with van der Waals surface area (Å²) in [7, 11) is 1.52. The van der Waals surface area contributed by atoms with Gasteiger partial charge in [0.2, 0.25) is 5.91 Å². The van der Waals surface area contributed by atoms with Crippen molar-refractivity contribution in [1.82, 2.24) is 4.98 Å². The lowest BCUT2D eigenvalue weighted by atomic mass is 10.1. The molecule has 0 spiro atoms. The van der Waals surface area contributed by atoms with Crippen LogP contribution in [-0.4, -0.2) is 30.6 Å². The van der Waals surface area contributed by atoms with Crippen LogP contribution in [0.3, 0.4) is 0 Å². The minimum atomic E-state index is -0.299. The fraction of sp³-hybridized carbons (Fsp3) is 0.333. The van der Waals surface area contributed by atoms with Crippen LogP contribution in [0.15, 0.2) is 30.5 Å². The Hall–Kier alpha value is -1.54. The molecule has 0 aliphatic heterocycles. The highest BCUT2D eigenvalue weighted by molar-refractivity contribution is 7.15. The van der Waals surface area contributed by atoms with Crippen molar-refractivity contribution < 1.29 is 13.9 Å². The predicted molar refractivity (Wildman–Crippen MR) is 91.7 cm³/mol. The second-order valence-electron chi connectivity index (χ2n) is 4.78. The molecule has 0 bridgehead atoms. The van der Waals surface area contributed by atoms with Gasteiger partial charge in [0.05, 0.1) is 12.5 Å². The Morgan fingerprint density at radius 3 is 2.96 bits per heavy atom. The molecule has 2 rings (SSSR count). The molecule has 1 heterocycles. The van der Waals surface area contributed by atoms with Crippen molar-refractivity contribution in [2.24, 2.45) is 5.73 Å². The van der Waals surface area contributed by atoms with Crippen LogP contribution in [0.25, 0.3) is 0 Å². The van der Waals surface area contributed by atoms with Crippen LogP contribution in [0, 0.1) is 5.82 Å². The van der Waals surface area contributed by atoms with Gasteiger partial charge >= 0.3 is 0 Å². The van der Waals surface area contributed by atoms with Crippen LogP contribution < -0.4 is 11.1 Å². The number of amides is 1. The number of halogens is 2. The molecular weight excluding hydrogens is 341 g/mol. The van der Waals surface area contributed by atoms with Gasteiger partial charge in [-0.3, -0.25) is 4.79 Å². The summed E-state index contributed by atoms with van der Waals surface area (Å²) >= 11 is 1.37. The zero-order chi connectivity index (χ0) is 15.9. The van der Waals surface area contributed by atoms with E-state index in [4.69, 9.17) is 10.5 Å². The smallest absolute Gasteiger partial charge is 0.228 e. The number of carbonyl (C=O) groups is 1. The Kier molecular flexibility index (Phi) is 8.11. The van der Waals surface area contributed by atoms with Crippen molar-refractivity contribution >= 4 is 34.8 Å². The number of rotatable bonds is 7. The Labute approximate surface area is 144 Å². The minimum Gasteiger partial charge on any atom is -0.380 e. The topological polar surface area (TPSA) is 77.2 Å². The SMILES string of the molecule is COC(CN)CC(=O)Nc1ncc(Cc2cccc(F)c2)s1.Cl. The third kappa shape index (κ3) is 6.23. The maximum Gasteiger partial charge on any atom is 0.228 e. The Balaban J connectivity index is 0.00000264. The molecule has 1 aromatic heterocycles. The molecular formula is C15H19ClFN3O2S. The van der Waals surface area contributed by atoms with Crippen LogP contribution >= 0.6 is 23.7 Å². The van der Waals surface area contributed by atoms with Gasteiger partial charge in [0, 0.05) is 31.1 Å². The van der Waals surface area contributed by atoms with Gasteiger partial charge in [-0.2, -0.15) is 0 Å². The van der Waals surface area contributed by atoms with Gasteiger partial charge in [-0.1, -0.05) is 12.1 Å². The first-order valence-corrected chi connectivity index (χ1v) is 7.64. The van der Waals surface area contributed by atoms with Crippen molar-refractivity contribution in [3.63, 3.8) is 0 Å². The molecule has 0 saturated heterocycles. The average molecular weight is 360 g/mol. The van der Waals surface area contributed by atoms with Gasteiger partial charge in [0.25, 0.3) is 0 Å². The summed E-state index contributed by atoms with van der Waals surface area (Å²) in [6.45, 7) is 0.284. The van der Waals surface area contributed by atoms with Crippen molar-refractivity contribution in [3.05, 3.63) is 46.7 Å². The number of nitrogens with two attached hydrogens (primary N) is 1. The minimum absolute atomic E-state index is 0. The lowest BCUT2D eigenvalue weighted by Crippen LogP contribution is -2.28. The van der Waals surface area contributed by atoms with E-state index in [0.717, 1.165) is 10.4 Å². The van der Waals surface area contributed by atoms with Crippen LogP contribution in [0.4, 0.5) is 9.52 Å². The number of aromatic nitrogens is 1. The van der Waals surface area contributed by atoms with E-state index >= 15 is 0 Å². The number of nitrogens with one attached hydrogen (secondary N) is 1. The highest BCUT2D eigenvalue weighted by Gasteiger charge is 2.13. The van der Waals surface area contributed by atoms with E-state index < -0.39 is 0 Å². The molecule has 23 heavy (non-hydrogen) atoms. The summed E-state index contributed by atoms with van der Waals surface area (Å²) in [4.78, 5) is 16.9. The summed E-state index contributed by atoms with van der Waals surface area (Å²) in [6, 6.07) is 6.42. The number of thiazole rings is 1. The van der Waals surface area contributed by atoms with Gasteiger partial charge in [-0.15, -0.1) is 23.7 Å². The Morgan fingerprint density at radius 1 is 1.52 bits per heavy atom. The van der Waals surface area contributed by atoms with Gasteiger partial charge < -0.3 is 15.8 Å². The number of hydrogen-bond acceptors (Lipinski definition) is 5. The number of methoxy groups -OCH3 is 1. The fourth-order valence-corrected chi connectivity index (χ4v) is 2.80. The quantitative estimate of drug-likeness (QED) is 0.796. The molecule has 0 radical (unpaired) electrons. The number of benzene rings is 1. The molecule has 3 N–H and O–H groups in total. The average Bonchev–Trinajstić information content (AvgIpc) is 2.91. The summed E-state index contributed by atoms with van der Waals surface area (Å²) in [5.41, 5.74) is 6.34. The van der Waals surface area contributed by atoms with E-state index in [1.54, 1.807) is 12.3 Å². The maximum atomic E-state index is 13.1. The van der Waals surface area contributed by atoms with Crippen LogP contribution in [0.1, 0.15) is 16.9 Å². The van der Waals surface area contributed by atoms with E-state index in [9.17, 15) is 9.18 Å². The van der Waals surface area contributed by atoms with E-state index in [2.05, 4.69) is 10.3 Å². The first kappa shape index (κ1) is 19.5. The van der Waals surface area contributed by atoms with E-state index in [-0.39, 0.29) is 43.2 Å². The number of carbonyl (C=O) groups excluding carboxylic acids is 1. The zero-order valence-electron chi connectivity index (χ0n) is 12.6. The van der Waals surface area contributed by atoms with Crippen molar-refractivity contribution in [2.75, 3.05) is 19.0 Å². The molecule has 126 valence electrons. The highest BCUT2D eigenvalue weighted by Crippen LogP contribution is 2.21. The molecule has 1 aromatic carbocycles. The second-order valence-corrected chi connectivity index (χ2v) is 5.90. The monoisotopic (exact) mass is 359 g/mol. The van der Waals surface area contributed by atoms with E-state index in [1.807, 2.05) is 6.07 Å². The molecule has 1 atom stereocenters. The Morgan fingerprint density at radius 2 is 2.30 bits per heavy atom. The second kappa shape index (κ2) is 9.57. The molecule has 0 saturated carbocycles. The summed E-state index contributed by atoms with van der Waals surface area (Å²) in [5.74, 6) is -0.452. The molecule has 2 aromatic rings. The molecule has 1 unspecified atom stereocenters. The molecule has 0 fully saturated rings. The predicted octanol–water partition coefficient (Wildman–Crippen LogP) is 2.60. The van der Waals surface area contributed by atoms with Gasteiger partial charge in [0.1, 0.15) is 5.82 Å². The largest absolute Gasteiger partial charge is 0.380 e. The lowest BCUT2D eigenvalue weighted by molar-refractivity contribution is -0.118. The number of hydrogen-bond donors (Lipinski definition) is 2. The third-order valence-corrected chi connectivity index (χ3v) is 3.99. The molecule has 5 nitrogen and oxygen atoms in total. The van der Waals surface area contributed by atoms with E-state index in [1.165, 1.54) is 30.6 Å². The van der Waals surface area contributed by atoms with Crippen LogP contribution in [0.2, 0.25) is 0 Å². The molecule has 8 heteroatoms. The fourth-order valence-electron chi connectivity index (χ4n) is 1.94. The first-order valence-electron chi connectivity index (χ1n) is 6.82. The maximum absolute atomic E-state index is 13.1. The van der Waals surface area contributed by atoms with Gasteiger partial charge in [-0.05, 0) is 17.7 Å². The highest BCUT2D eigenvalue weighted by atomic mass is 35.5. The van der Waals surface area contributed by atoms with Crippen LogP contribution in [-0.2, 0) is 16.0 Å². The Bertz CT molecular complexity index is 635. The molecule has 0 aliphatic rings. The van der Waals surface area contributed by atoms with Crippen molar-refractivity contribution in [2.45, 2.75) is 18.9 Å². The number of ether oxygens (including phenoxy) is 1. The van der Waals surface area contributed by atoms with Gasteiger partial charge in [-0.25, -0.2) is 9.37 Å². The third-order valence-electron chi connectivity index (χ3n) is 3.08. The van der Waals surface area contributed by atoms with Crippen LogP contribution in [0.5, 0.6) is 0 Å².